The van der Waals surface area contributed by atoms with Gasteiger partial charge in [0.25, 0.3) is 0 Å². The van der Waals surface area contributed by atoms with Crippen molar-refractivity contribution < 1.29 is 4.74 Å². The van der Waals surface area contributed by atoms with Crippen LogP contribution in [0.3, 0.4) is 0 Å². The predicted molar refractivity (Wildman–Crippen MR) is 89.9 cm³/mol. The lowest BCUT2D eigenvalue weighted by Crippen LogP contribution is -2.00. The number of benzene rings is 2. The summed E-state index contributed by atoms with van der Waals surface area (Å²) in [6.45, 7) is 0.638. The third-order valence-electron chi connectivity index (χ3n) is 2.89. The van der Waals surface area contributed by atoms with Gasteiger partial charge < -0.3 is 4.74 Å². The van der Waals surface area contributed by atoms with Gasteiger partial charge in [-0.15, -0.1) is 11.8 Å². The smallest absolute Gasteiger partial charge is 0.120 e. The van der Waals surface area contributed by atoms with E-state index in [-0.39, 0.29) is 0 Å². The molecule has 0 radical (unpaired) electrons. The van der Waals surface area contributed by atoms with Crippen LogP contribution in [0.1, 0.15) is 0 Å². The van der Waals surface area contributed by atoms with Crippen LogP contribution in [0.2, 0.25) is 0 Å². The van der Waals surface area contributed by atoms with Gasteiger partial charge in [-0.25, -0.2) is 9.97 Å². The normalized spacial score (nSPS) is 10.7. The fraction of sp³-hybridized carbons (Fsp3) is 0.125. The molecule has 1 heterocycles. The predicted octanol–water partition coefficient (Wildman–Crippen LogP) is 4.56. The maximum Gasteiger partial charge on any atom is 0.120 e. The molecular weight excluding hydrogens is 348 g/mol. The molecule has 0 N–H and O–H groups in total. The van der Waals surface area contributed by atoms with Crippen molar-refractivity contribution in [2.24, 2.45) is 0 Å². The molecule has 21 heavy (non-hydrogen) atoms. The van der Waals surface area contributed by atoms with Crippen molar-refractivity contribution in [1.29, 1.82) is 0 Å². The molecule has 0 amide bonds. The van der Waals surface area contributed by atoms with E-state index >= 15 is 0 Å². The first kappa shape index (κ1) is 14.4. The number of ether oxygens (including phenoxy) is 1. The maximum atomic E-state index is 5.73. The summed E-state index contributed by atoms with van der Waals surface area (Å²) >= 11 is 5.12. The van der Waals surface area contributed by atoms with Gasteiger partial charge in [-0.05, 0) is 24.3 Å². The Morgan fingerprint density at radius 1 is 1.05 bits per heavy atom. The van der Waals surface area contributed by atoms with Crippen molar-refractivity contribution in [1.82, 2.24) is 9.97 Å². The van der Waals surface area contributed by atoms with E-state index in [0.29, 0.717) is 6.61 Å². The Kier molecular flexibility index (Phi) is 4.72. The molecule has 0 bridgehead atoms. The Labute approximate surface area is 135 Å². The average molecular weight is 361 g/mol. The van der Waals surface area contributed by atoms with Gasteiger partial charge in [0.05, 0.1) is 12.1 Å². The average Bonchev–Trinajstić information content (AvgIpc) is 2.52. The fourth-order valence-corrected chi connectivity index (χ4v) is 3.14. The van der Waals surface area contributed by atoms with Crippen molar-refractivity contribution in [3.05, 3.63) is 59.3 Å². The van der Waals surface area contributed by atoms with E-state index in [1.807, 2.05) is 48.5 Å². The van der Waals surface area contributed by atoms with Crippen LogP contribution in [0.5, 0.6) is 5.75 Å². The summed E-state index contributed by atoms with van der Waals surface area (Å²) in [7, 11) is 0. The summed E-state index contributed by atoms with van der Waals surface area (Å²) in [4.78, 5) is 8.62. The van der Waals surface area contributed by atoms with Crippen LogP contribution in [0.15, 0.2) is 64.4 Å². The molecule has 0 saturated carbocycles. The van der Waals surface area contributed by atoms with Crippen LogP contribution in [-0.2, 0) is 0 Å². The summed E-state index contributed by atoms with van der Waals surface area (Å²) in [5.74, 6) is 1.71. The van der Waals surface area contributed by atoms with Gasteiger partial charge in [0.1, 0.15) is 17.1 Å². The van der Waals surface area contributed by atoms with E-state index in [0.717, 1.165) is 31.9 Å². The van der Waals surface area contributed by atoms with Crippen LogP contribution in [0.25, 0.3) is 10.9 Å². The molecule has 3 rings (SSSR count). The number of hydrogen-bond acceptors (Lipinski definition) is 4. The molecule has 0 unspecified atom stereocenters. The van der Waals surface area contributed by atoms with Crippen molar-refractivity contribution >= 4 is 38.6 Å². The molecule has 0 atom stereocenters. The molecule has 2 aromatic carbocycles. The molecule has 5 heteroatoms. The van der Waals surface area contributed by atoms with Crippen LogP contribution in [0, 0.1) is 0 Å². The molecule has 0 fully saturated rings. The van der Waals surface area contributed by atoms with E-state index in [2.05, 4.69) is 25.9 Å². The second kappa shape index (κ2) is 6.91. The minimum absolute atomic E-state index is 0.638. The van der Waals surface area contributed by atoms with E-state index in [4.69, 9.17) is 4.74 Å². The van der Waals surface area contributed by atoms with E-state index in [1.165, 1.54) is 0 Å². The SMILES string of the molecule is Brc1cccc(OCCSc2ncnc3ccccc23)c1. The highest BCUT2D eigenvalue weighted by Gasteiger charge is 2.03. The largest absolute Gasteiger partial charge is 0.493 e. The number of para-hydroxylation sites is 1. The van der Waals surface area contributed by atoms with Gasteiger partial charge >= 0.3 is 0 Å². The minimum Gasteiger partial charge on any atom is -0.493 e. The Morgan fingerprint density at radius 2 is 1.95 bits per heavy atom. The number of aromatic nitrogens is 2. The number of fused-ring (bicyclic) bond motifs is 1. The van der Waals surface area contributed by atoms with Gasteiger partial charge in [0.2, 0.25) is 0 Å². The number of nitrogens with zero attached hydrogens (tertiary/aromatic N) is 2. The summed E-state index contributed by atoms with van der Waals surface area (Å²) in [6.07, 6.45) is 1.61. The highest BCUT2D eigenvalue weighted by atomic mass is 79.9. The monoisotopic (exact) mass is 360 g/mol. The third-order valence-corrected chi connectivity index (χ3v) is 4.36. The zero-order valence-corrected chi connectivity index (χ0v) is 13.6. The summed E-state index contributed by atoms with van der Waals surface area (Å²) in [5, 5.41) is 2.09. The maximum absolute atomic E-state index is 5.73. The van der Waals surface area contributed by atoms with Crippen molar-refractivity contribution in [3.8, 4) is 5.75 Å². The Bertz CT molecular complexity index is 746. The van der Waals surface area contributed by atoms with Gasteiger partial charge in [-0.3, -0.25) is 0 Å². The lowest BCUT2D eigenvalue weighted by molar-refractivity contribution is 0.343. The Hall–Kier alpha value is -1.59. The first-order valence-corrected chi connectivity index (χ1v) is 8.32. The lowest BCUT2D eigenvalue weighted by atomic mass is 10.2. The molecule has 0 aliphatic carbocycles. The van der Waals surface area contributed by atoms with Crippen LogP contribution < -0.4 is 4.74 Å². The lowest BCUT2D eigenvalue weighted by Gasteiger charge is -2.07. The van der Waals surface area contributed by atoms with E-state index in [9.17, 15) is 0 Å². The highest BCUT2D eigenvalue weighted by molar-refractivity contribution is 9.10. The first-order chi connectivity index (χ1) is 10.3. The van der Waals surface area contributed by atoms with Gasteiger partial charge in [-0.2, -0.15) is 0 Å². The quantitative estimate of drug-likeness (QED) is 0.379. The van der Waals surface area contributed by atoms with E-state index in [1.54, 1.807) is 18.1 Å². The summed E-state index contributed by atoms with van der Waals surface area (Å²) < 4.78 is 6.75. The number of halogens is 1. The molecule has 0 aliphatic rings. The zero-order valence-electron chi connectivity index (χ0n) is 11.2. The van der Waals surface area contributed by atoms with E-state index < -0.39 is 0 Å². The standard InChI is InChI=1S/C16H13BrN2OS/c17-12-4-3-5-13(10-12)20-8-9-21-16-14-6-1-2-7-15(14)18-11-19-16/h1-7,10-11H,8-9H2. The number of rotatable bonds is 5. The summed E-state index contributed by atoms with van der Waals surface area (Å²) in [6, 6.07) is 15.9. The number of thioether (sulfide) groups is 1. The third kappa shape index (κ3) is 3.74. The Morgan fingerprint density at radius 3 is 2.86 bits per heavy atom. The van der Waals surface area contributed by atoms with Crippen molar-refractivity contribution in [2.45, 2.75) is 5.03 Å². The van der Waals surface area contributed by atoms with Gasteiger partial charge in [0, 0.05) is 15.6 Å². The van der Waals surface area contributed by atoms with Gasteiger partial charge in [0.15, 0.2) is 0 Å². The first-order valence-electron chi connectivity index (χ1n) is 6.54. The molecule has 3 aromatic rings. The second-order valence-corrected chi connectivity index (χ2v) is 6.35. The van der Waals surface area contributed by atoms with Crippen LogP contribution >= 0.6 is 27.7 Å². The highest BCUT2D eigenvalue weighted by Crippen LogP contribution is 2.24. The molecule has 0 spiro atoms. The van der Waals surface area contributed by atoms with Gasteiger partial charge in [-0.1, -0.05) is 40.2 Å². The second-order valence-electron chi connectivity index (χ2n) is 4.35. The minimum atomic E-state index is 0.638. The molecule has 0 aliphatic heterocycles. The summed E-state index contributed by atoms with van der Waals surface area (Å²) in [5.41, 5.74) is 0.975. The molecular formula is C16H13BrN2OS. The molecule has 0 saturated heterocycles. The molecule has 1 aromatic heterocycles. The number of hydrogen-bond donors (Lipinski definition) is 0. The zero-order chi connectivity index (χ0) is 14.5. The Balaban J connectivity index is 1.60. The fourth-order valence-electron chi connectivity index (χ4n) is 1.95. The van der Waals surface area contributed by atoms with Crippen molar-refractivity contribution in [3.63, 3.8) is 0 Å². The van der Waals surface area contributed by atoms with Crippen LogP contribution in [0.4, 0.5) is 0 Å². The van der Waals surface area contributed by atoms with Crippen LogP contribution in [-0.4, -0.2) is 22.3 Å². The topological polar surface area (TPSA) is 35.0 Å². The van der Waals surface area contributed by atoms with Crippen molar-refractivity contribution in [2.75, 3.05) is 12.4 Å². The molecule has 106 valence electrons. The molecule has 3 nitrogen and oxygen atoms in total.